The first kappa shape index (κ1) is 15.4. The molecule has 1 atom stereocenters. The van der Waals surface area contributed by atoms with Gasteiger partial charge in [0.15, 0.2) is 0 Å². The second kappa shape index (κ2) is 5.10. The Morgan fingerprint density at radius 2 is 2.00 bits per heavy atom. The average molecular weight is 277 g/mol. The Morgan fingerprint density at radius 3 is 2.45 bits per heavy atom. The van der Waals surface area contributed by atoms with Crippen LogP contribution in [0.1, 0.15) is 39.8 Å². The van der Waals surface area contributed by atoms with Crippen LogP contribution in [0.2, 0.25) is 0 Å². The Balaban J connectivity index is 2.27. The third kappa shape index (κ3) is 2.60. The summed E-state index contributed by atoms with van der Waals surface area (Å²) in [5.74, 6) is 0. The van der Waals surface area contributed by atoms with Crippen LogP contribution in [0.4, 0.5) is 0 Å². The number of ether oxygens (including phenoxy) is 1. The predicted octanol–water partition coefficient (Wildman–Crippen LogP) is 2.19. The molecule has 0 spiro atoms. The number of hydrogen-bond donors (Lipinski definition) is 1. The van der Waals surface area contributed by atoms with Gasteiger partial charge in [0.25, 0.3) is 0 Å². The molecule has 4 heteroatoms. The largest absolute Gasteiger partial charge is 0.368 e. The molecule has 0 aromatic carbocycles. The Bertz CT molecular complexity index is 458. The second-order valence-corrected chi connectivity index (χ2v) is 6.96. The highest BCUT2D eigenvalue weighted by molar-refractivity contribution is 5.14. The van der Waals surface area contributed by atoms with Gasteiger partial charge in [-0.25, -0.2) is 0 Å². The fourth-order valence-corrected chi connectivity index (χ4v) is 3.69. The van der Waals surface area contributed by atoms with Crippen molar-refractivity contribution in [1.82, 2.24) is 9.88 Å². The molecule has 1 aliphatic heterocycles. The van der Waals surface area contributed by atoms with Gasteiger partial charge < -0.3 is 10.5 Å². The molecule has 0 bridgehead atoms. The summed E-state index contributed by atoms with van der Waals surface area (Å²) in [6.45, 7) is 9.92. The van der Waals surface area contributed by atoms with Gasteiger partial charge in [0.1, 0.15) is 0 Å². The summed E-state index contributed by atoms with van der Waals surface area (Å²) in [6, 6.07) is 6.01. The number of rotatable bonds is 4. The van der Waals surface area contributed by atoms with Crippen LogP contribution in [0.5, 0.6) is 0 Å². The molecule has 1 aromatic rings. The van der Waals surface area contributed by atoms with E-state index in [4.69, 9.17) is 10.5 Å². The van der Waals surface area contributed by atoms with Crippen LogP contribution in [0.25, 0.3) is 0 Å². The van der Waals surface area contributed by atoms with Crippen molar-refractivity contribution in [3.8, 4) is 0 Å². The van der Waals surface area contributed by atoms with E-state index in [2.05, 4.69) is 50.7 Å². The van der Waals surface area contributed by atoms with Crippen molar-refractivity contribution in [2.24, 2.45) is 5.73 Å². The van der Waals surface area contributed by atoms with Crippen LogP contribution in [0.3, 0.4) is 0 Å². The first-order valence-electron chi connectivity index (χ1n) is 7.24. The van der Waals surface area contributed by atoms with Crippen LogP contribution in [0.15, 0.2) is 24.4 Å². The van der Waals surface area contributed by atoms with Crippen molar-refractivity contribution >= 4 is 0 Å². The van der Waals surface area contributed by atoms with E-state index < -0.39 is 0 Å². The van der Waals surface area contributed by atoms with Crippen LogP contribution in [-0.4, -0.2) is 40.2 Å². The lowest BCUT2D eigenvalue weighted by Gasteiger charge is -2.46. The fourth-order valence-electron chi connectivity index (χ4n) is 3.69. The first-order chi connectivity index (χ1) is 9.22. The Labute approximate surface area is 122 Å². The van der Waals surface area contributed by atoms with Crippen molar-refractivity contribution in [3.63, 3.8) is 0 Å². The molecule has 1 aromatic heterocycles. The molecule has 4 nitrogen and oxygen atoms in total. The molecule has 0 amide bonds. The third-order valence-corrected chi connectivity index (χ3v) is 4.56. The molecule has 112 valence electrons. The van der Waals surface area contributed by atoms with Gasteiger partial charge in [0.2, 0.25) is 0 Å². The number of likely N-dealkylation sites (N-methyl/N-ethyl adjacent to an activating group) is 1. The van der Waals surface area contributed by atoms with Gasteiger partial charge in [-0.1, -0.05) is 6.07 Å². The monoisotopic (exact) mass is 277 g/mol. The molecular formula is C16H27N3O. The summed E-state index contributed by atoms with van der Waals surface area (Å²) in [7, 11) is 2.12. The smallest absolute Gasteiger partial charge is 0.0830 e. The van der Waals surface area contributed by atoms with Crippen molar-refractivity contribution in [1.29, 1.82) is 0 Å². The number of nitrogens with zero attached hydrogens (tertiary/aromatic N) is 2. The summed E-state index contributed by atoms with van der Waals surface area (Å²) in [5, 5.41) is 0. The molecule has 20 heavy (non-hydrogen) atoms. The SMILES string of the molecule is CN(Cc1ccccn1)C1(CN)CC(C)(C)OC1(C)C. The van der Waals surface area contributed by atoms with E-state index in [1.807, 2.05) is 18.3 Å². The lowest BCUT2D eigenvalue weighted by molar-refractivity contribution is -0.101. The highest BCUT2D eigenvalue weighted by Crippen LogP contribution is 2.47. The predicted molar refractivity (Wildman–Crippen MR) is 81.3 cm³/mol. The number of hydrogen-bond acceptors (Lipinski definition) is 4. The summed E-state index contributed by atoms with van der Waals surface area (Å²) in [4.78, 5) is 6.73. The van der Waals surface area contributed by atoms with Gasteiger partial charge in [-0.3, -0.25) is 9.88 Å². The highest BCUT2D eigenvalue weighted by Gasteiger charge is 2.58. The summed E-state index contributed by atoms with van der Waals surface area (Å²) >= 11 is 0. The third-order valence-electron chi connectivity index (χ3n) is 4.56. The van der Waals surface area contributed by atoms with Gasteiger partial charge in [-0.05, 0) is 53.3 Å². The molecule has 1 fully saturated rings. The molecule has 2 rings (SSSR count). The minimum absolute atomic E-state index is 0.152. The van der Waals surface area contributed by atoms with Crippen LogP contribution >= 0.6 is 0 Å². The molecule has 2 heterocycles. The fraction of sp³-hybridized carbons (Fsp3) is 0.688. The lowest BCUT2D eigenvalue weighted by atomic mass is 9.77. The van der Waals surface area contributed by atoms with Gasteiger partial charge in [0, 0.05) is 19.3 Å². The molecule has 0 saturated carbocycles. The molecule has 0 aliphatic carbocycles. The van der Waals surface area contributed by atoms with E-state index in [1.165, 1.54) is 0 Å². The highest BCUT2D eigenvalue weighted by atomic mass is 16.5. The van der Waals surface area contributed by atoms with E-state index in [1.54, 1.807) is 0 Å². The van der Waals surface area contributed by atoms with Crippen molar-refractivity contribution in [2.45, 2.75) is 57.4 Å². The lowest BCUT2D eigenvalue weighted by Crippen LogP contribution is -2.61. The van der Waals surface area contributed by atoms with E-state index in [-0.39, 0.29) is 16.7 Å². The first-order valence-corrected chi connectivity index (χ1v) is 7.24. The normalized spacial score (nSPS) is 27.9. The van der Waals surface area contributed by atoms with Crippen molar-refractivity contribution in [3.05, 3.63) is 30.1 Å². The van der Waals surface area contributed by atoms with E-state index in [9.17, 15) is 0 Å². The zero-order valence-corrected chi connectivity index (χ0v) is 13.3. The zero-order valence-electron chi connectivity index (χ0n) is 13.3. The van der Waals surface area contributed by atoms with Crippen molar-refractivity contribution < 1.29 is 4.74 Å². The summed E-state index contributed by atoms with van der Waals surface area (Å²) in [5.41, 5.74) is 6.63. The maximum absolute atomic E-state index is 6.26. The van der Waals surface area contributed by atoms with Crippen LogP contribution in [0, 0.1) is 0 Å². The van der Waals surface area contributed by atoms with E-state index in [0.717, 1.165) is 18.7 Å². The van der Waals surface area contributed by atoms with E-state index >= 15 is 0 Å². The Kier molecular flexibility index (Phi) is 3.93. The molecule has 0 radical (unpaired) electrons. The Hall–Kier alpha value is -0.970. The molecule has 1 unspecified atom stereocenters. The maximum atomic E-state index is 6.26. The van der Waals surface area contributed by atoms with Gasteiger partial charge >= 0.3 is 0 Å². The maximum Gasteiger partial charge on any atom is 0.0830 e. The molecule has 1 saturated heterocycles. The minimum atomic E-state index is -0.283. The number of aromatic nitrogens is 1. The number of nitrogens with two attached hydrogens (primary N) is 1. The average Bonchev–Trinajstić information content (AvgIpc) is 2.55. The second-order valence-electron chi connectivity index (χ2n) is 6.96. The van der Waals surface area contributed by atoms with Gasteiger partial charge in [-0.2, -0.15) is 0 Å². The molecule has 2 N–H and O–H groups in total. The number of pyridine rings is 1. The summed E-state index contributed by atoms with van der Waals surface area (Å²) in [6.07, 6.45) is 2.76. The van der Waals surface area contributed by atoms with Crippen LogP contribution in [-0.2, 0) is 11.3 Å². The molecular weight excluding hydrogens is 250 g/mol. The zero-order chi connectivity index (χ0) is 15.0. The standard InChI is InChI=1S/C16H27N3O/c1-14(2)11-16(12-17,15(3,4)20-14)19(5)10-13-8-6-7-9-18-13/h6-9H,10-12,17H2,1-5H3. The summed E-state index contributed by atoms with van der Waals surface area (Å²) < 4.78 is 6.26. The van der Waals surface area contributed by atoms with Gasteiger partial charge in [-0.15, -0.1) is 0 Å². The van der Waals surface area contributed by atoms with Crippen LogP contribution < -0.4 is 5.73 Å². The topological polar surface area (TPSA) is 51.4 Å². The molecule has 1 aliphatic rings. The van der Waals surface area contributed by atoms with Crippen molar-refractivity contribution in [2.75, 3.05) is 13.6 Å². The van der Waals surface area contributed by atoms with E-state index in [0.29, 0.717) is 6.54 Å². The quantitative estimate of drug-likeness (QED) is 0.916. The van der Waals surface area contributed by atoms with Gasteiger partial charge in [0.05, 0.1) is 22.4 Å². The minimum Gasteiger partial charge on any atom is -0.368 e. The Morgan fingerprint density at radius 1 is 1.30 bits per heavy atom.